The lowest BCUT2D eigenvalue weighted by Crippen LogP contribution is -3.00. The second-order valence-corrected chi connectivity index (χ2v) is 8.52. The Bertz CT molecular complexity index is 881. The van der Waals surface area contributed by atoms with Crippen LogP contribution in [0, 0.1) is 5.92 Å². The minimum atomic E-state index is -1.32. The van der Waals surface area contributed by atoms with Gasteiger partial charge in [-0.25, -0.2) is 0 Å². The molecule has 152 valence electrons. The number of rotatable bonds is 5. The number of aliphatic hydroxyl groups is 1. The highest BCUT2D eigenvalue weighted by atomic mass is 79.9. The van der Waals surface area contributed by atoms with Crippen molar-refractivity contribution in [3.05, 3.63) is 89.3 Å². The molecular weight excluding hydrogens is 428 g/mol. The topological polar surface area (TPSA) is 46.3 Å². The smallest absolute Gasteiger partial charge is 0.191 e. The Balaban J connectivity index is 0.00000205. The number of hydrogen-bond acceptors (Lipinski definition) is 3. The summed E-state index contributed by atoms with van der Waals surface area (Å²) >= 11 is 0. The van der Waals surface area contributed by atoms with E-state index < -0.39 is 5.60 Å². The van der Waals surface area contributed by atoms with Crippen LogP contribution < -0.4 is 17.0 Å². The van der Waals surface area contributed by atoms with Crippen LogP contribution in [0.1, 0.15) is 41.8 Å². The lowest BCUT2D eigenvalue weighted by molar-refractivity contribution is -0.955. The SMILES string of the molecule is OC(c1ccccc1)(c1ccccc1)c1cc(C[N+]23CCC(CC2)CC3)on1.[Br-]. The molecule has 0 atom stereocenters. The Morgan fingerprint density at radius 2 is 1.41 bits per heavy atom. The van der Waals surface area contributed by atoms with E-state index in [-0.39, 0.29) is 17.0 Å². The molecule has 0 amide bonds. The van der Waals surface area contributed by atoms with Gasteiger partial charge in [-0.2, -0.15) is 0 Å². The lowest BCUT2D eigenvalue weighted by Gasteiger charge is -2.48. The first-order valence-electron chi connectivity index (χ1n) is 10.3. The number of quaternary nitrogens is 1. The first-order chi connectivity index (χ1) is 13.7. The third kappa shape index (κ3) is 3.67. The van der Waals surface area contributed by atoms with Crippen LogP contribution in [0.5, 0.6) is 0 Å². The van der Waals surface area contributed by atoms with E-state index in [9.17, 15) is 5.11 Å². The fourth-order valence-electron chi connectivity index (χ4n) is 5.08. The van der Waals surface area contributed by atoms with Crippen LogP contribution in [-0.4, -0.2) is 34.4 Å². The third-order valence-electron chi connectivity index (χ3n) is 6.84. The molecule has 4 nitrogen and oxygen atoms in total. The first-order valence-corrected chi connectivity index (χ1v) is 10.3. The molecule has 0 saturated carbocycles. The maximum Gasteiger partial charge on any atom is 0.191 e. The molecule has 0 unspecified atom stereocenters. The van der Waals surface area contributed by atoms with Gasteiger partial charge in [0.15, 0.2) is 11.4 Å². The highest BCUT2D eigenvalue weighted by Gasteiger charge is 2.42. The Kier molecular flexibility index (Phi) is 5.65. The zero-order chi connectivity index (χ0) is 19.0. The molecule has 3 aromatic rings. The standard InChI is InChI=1S/C24H27N2O2.BrH/c27-24(20-7-3-1-4-8-20,21-9-5-2-6-10-21)23-17-22(28-25-23)18-26-14-11-19(12-15-26)13-16-26;/h1-10,17,19,27H,11-16,18H2;1H/q+1;/p-1. The molecule has 0 spiro atoms. The summed E-state index contributed by atoms with van der Waals surface area (Å²) in [6.07, 6.45) is 4.00. The number of fused-ring (bicyclic) bond motifs is 3. The number of hydrogen-bond donors (Lipinski definition) is 1. The molecule has 2 aromatic carbocycles. The van der Waals surface area contributed by atoms with Gasteiger partial charge >= 0.3 is 0 Å². The predicted octanol–water partition coefficient (Wildman–Crippen LogP) is 1.09. The summed E-state index contributed by atoms with van der Waals surface area (Å²) < 4.78 is 6.89. The lowest BCUT2D eigenvalue weighted by atomic mass is 9.83. The maximum atomic E-state index is 11.8. The Morgan fingerprint density at radius 1 is 0.897 bits per heavy atom. The molecule has 5 heteroatoms. The van der Waals surface area contributed by atoms with E-state index >= 15 is 0 Å². The fraction of sp³-hybridized carbons (Fsp3) is 0.375. The summed E-state index contributed by atoms with van der Waals surface area (Å²) in [4.78, 5) is 0. The Morgan fingerprint density at radius 3 is 1.93 bits per heavy atom. The van der Waals surface area contributed by atoms with Gasteiger partial charge in [-0.05, 0) is 36.3 Å². The molecule has 3 aliphatic rings. The number of halogens is 1. The van der Waals surface area contributed by atoms with Gasteiger partial charge in [-0.3, -0.25) is 0 Å². The van der Waals surface area contributed by atoms with E-state index in [0.717, 1.165) is 33.8 Å². The first kappa shape index (κ1) is 20.3. The average Bonchev–Trinajstić information content (AvgIpc) is 3.24. The number of nitrogens with zero attached hydrogens (tertiary/aromatic N) is 2. The van der Waals surface area contributed by atoms with Crippen LogP contribution in [0.3, 0.4) is 0 Å². The highest BCUT2D eigenvalue weighted by Crippen LogP contribution is 2.38. The van der Waals surface area contributed by atoms with Crippen molar-refractivity contribution in [1.82, 2.24) is 5.16 Å². The van der Waals surface area contributed by atoms with Crippen LogP contribution in [0.2, 0.25) is 0 Å². The number of piperidine rings is 3. The molecular formula is C24H27BrN2O2. The van der Waals surface area contributed by atoms with Crippen molar-refractivity contribution >= 4 is 0 Å². The van der Waals surface area contributed by atoms with Gasteiger partial charge in [0, 0.05) is 6.07 Å². The van der Waals surface area contributed by atoms with Crippen molar-refractivity contribution in [3.63, 3.8) is 0 Å². The van der Waals surface area contributed by atoms with Gasteiger partial charge in [0.1, 0.15) is 12.2 Å². The predicted molar refractivity (Wildman–Crippen MR) is 107 cm³/mol. The van der Waals surface area contributed by atoms with E-state index in [0.29, 0.717) is 5.69 Å². The van der Waals surface area contributed by atoms with Crippen LogP contribution in [0.25, 0.3) is 0 Å². The highest BCUT2D eigenvalue weighted by molar-refractivity contribution is 5.44. The number of benzene rings is 2. The Labute approximate surface area is 182 Å². The molecule has 2 bridgehead atoms. The normalized spacial score (nSPS) is 23.6. The largest absolute Gasteiger partial charge is 1.00 e. The van der Waals surface area contributed by atoms with E-state index in [4.69, 9.17) is 4.52 Å². The maximum absolute atomic E-state index is 11.8. The summed E-state index contributed by atoms with van der Waals surface area (Å²) in [6, 6.07) is 21.4. The van der Waals surface area contributed by atoms with Crippen LogP contribution in [-0.2, 0) is 12.1 Å². The molecule has 0 radical (unpaired) electrons. The Hall–Kier alpha value is -1.95. The molecule has 4 heterocycles. The molecule has 1 aromatic heterocycles. The van der Waals surface area contributed by atoms with Crippen molar-refractivity contribution < 1.29 is 31.1 Å². The zero-order valence-electron chi connectivity index (χ0n) is 16.5. The molecule has 6 rings (SSSR count). The van der Waals surface area contributed by atoms with Gasteiger partial charge in [0.2, 0.25) is 0 Å². The van der Waals surface area contributed by atoms with E-state index in [2.05, 4.69) is 5.16 Å². The molecule has 1 N–H and O–H groups in total. The van der Waals surface area contributed by atoms with Gasteiger partial charge in [0.05, 0.1) is 19.6 Å². The monoisotopic (exact) mass is 454 g/mol. The van der Waals surface area contributed by atoms with E-state index in [1.54, 1.807) is 0 Å². The molecule has 3 saturated heterocycles. The second-order valence-electron chi connectivity index (χ2n) is 8.52. The van der Waals surface area contributed by atoms with Gasteiger partial charge in [0.25, 0.3) is 0 Å². The van der Waals surface area contributed by atoms with Crippen molar-refractivity contribution in [2.24, 2.45) is 5.92 Å². The molecule has 29 heavy (non-hydrogen) atoms. The molecule has 3 aliphatic heterocycles. The molecule has 0 aliphatic carbocycles. The molecule has 3 fully saturated rings. The van der Waals surface area contributed by atoms with Gasteiger partial charge < -0.3 is 31.1 Å². The van der Waals surface area contributed by atoms with Crippen LogP contribution in [0.4, 0.5) is 0 Å². The second kappa shape index (κ2) is 8.05. The van der Waals surface area contributed by atoms with Crippen molar-refractivity contribution in [1.29, 1.82) is 0 Å². The number of aromatic nitrogens is 1. The quantitative estimate of drug-likeness (QED) is 0.587. The summed E-state index contributed by atoms with van der Waals surface area (Å²) in [5.74, 6) is 1.81. The minimum Gasteiger partial charge on any atom is -1.00 e. The van der Waals surface area contributed by atoms with Crippen molar-refractivity contribution in [2.75, 3.05) is 19.6 Å². The van der Waals surface area contributed by atoms with Gasteiger partial charge in [-0.15, -0.1) is 0 Å². The summed E-state index contributed by atoms with van der Waals surface area (Å²) in [7, 11) is 0. The summed E-state index contributed by atoms with van der Waals surface area (Å²) in [5, 5.41) is 16.2. The van der Waals surface area contributed by atoms with Gasteiger partial charge in [-0.1, -0.05) is 65.8 Å². The summed E-state index contributed by atoms with van der Waals surface area (Å²) in [5.41, 5.74) is 0.836. The van der Waals surface area contributed by atoms with E-state index in [1.165, 1.54) is 38.9 Å². The van der Waals surface area contributed by atoms with E-state index in [1.807, 2.05) is 66.7 Å². The van der Waals surface area contributed by atoms with Crippen LogP contribution in [0.15, 0.2) is 71.3 Å². The minimum absolute atomic E-state index is 0. The fourth-order valence-corrected chi connectivity index (χ4v) is 5.08. The van der Waals surface area contributed by atoms with Crippen molar-refractivity contribution in [2.45, 2.75) is 31.4 Å². The summed E-state index contributed by atoms with van der Waals surface area (Å²) in [6.45, 7) is 4.59. The van der Waals surface area contributed by atoms with Crippen LogP contribution >= 0.6 is 0 Å². The average molecular weight is 455 g/mol. The third-order valence-corrected chi connectivity index (χ3v) is 6.84. The zero-order valence-corrected chi connectivity index (χ0v) is 18.1. The van der Waals surface area contributed by atoms with Crippen molar-refractivity contribution in [3.8, 4) is 0 Å².